The maximum Gasteiger partial charge on any atom is 0.191 e. The molecule has 0 radical (unpaired) electrons. The molecule has 0 aliphatic heterocycles. The van der Waals surface area contributed by atoms with E-state index in [2.05, 4.69) is 4.74 Å². The number of halogens is 4. The van der Waals surface area contributed by atoms with Gasteiger partial charge in [0.25, 0.3) is 0 Å². The lowest BCUT2D eigenvalue weighted by Gasteiger charge is -2.14. The molecule has 0 aliphatic rings. The van der Waals surface area contributed by atoms with Gasteiger partial charge < -0.3 is 28.8 Å². The highest BCUT2D eigenvalue weighted by molar-refractivity contribution is 5.51. The number of phenols is 1. The van der Waals surface area contributed by atoms with Gasteiger partial charge in [-0.1, -0.05) is 0 Å². The second-order valence-electron chi connectivity index (χ2n) is 8.94. The Bertz CT molecular complexity index is 1880. The zero-order valence-corrected chi connectivity index (χ0v) is 26.7. The van der Waals surface area contributed by atoms with Crippen LogP contribution in [0, 0.1) is 68.6 Å². The number of aldehydes is 1. The van der Waals surface area contributed by atoms with Crippen molar-refractivity contribution in [1.29, 1.82) is 21.0 Å². The van der Waals surface area contributed by atoms with E-state index < -0.39 is 35.3 Å². The third-order valence-electron chi connectivity index (χ3n) is 5.68. The van der Waals surface area contributed by atoms with Crippen molar-refractivity contribution in [2.75, 3.05) is 34.5 Å². The predicted molar refractivity (Wildman–Crippen MR) is 168 cm³/mol. The van der Waals surface area contributed by atoms with Crippen molar-refractivity contribution < 1.29 is 51.1 Å². The Morgan fingerprint density at radius 3 is 1.38 bits per heavy atom. The molecule has 4 rings (SSSR count). The first-order valence-corrected chi connectivity index (χ1v) is 13.8. The van der Waals surface area contributed by atoms with Crippen LogP contribution in [-0.2, 0) is 14.3 Å². The maximum atomic E-state index is 13.2. The Hall–Kier alpha value is -6.65. The first kappa shape index (κ1) is 41.4. The summed E-state index contributed by atoms with van der Waals surface area (Å²) in [6.07, 6.45) is -0.0523. The third-order valence-corrected chi connectivity index (χ3v) is 5.68. The van der Waals surface area contributed by atoms with Gasteiger partial charge in [-0.25, -0.2) is 17.6 Å². The standard InChI is InChI=1S/C11H12FNO3.C9H6FNO2.C8H6FNO.C7H4FNO/c1-14-11(15-2)7-16-10-5-8(6-13)3-4-9(10)12;10-8-2-1-7(6-11)5-9(8)13-4-3-12;1-11-8-4-6(5-10)2-3-7(8)9;8-6-2-1-5(4-9)3-7(6)10/h3-5,11H,7H2,1-2H3;1-3,5H,4H2;2-4H,1H3;1-3,10H. The fourth-order valence-corrected chi connectivity index (χ4v) is 3.19. The molecular formula is C35H28F4N4O7. The summed E-state index contributed by atoms with van der Waals surface area (Å²) in [6, 6.07) is 22.4. The van der Waals surface area contributed by atoms with E-state index in [0.717, 1.165) is 18.2 Å². The van der Waals surface area contributed by atoms with E-state index >= 15 is 0 Å². The Kier molecular flexibility index (Phi) is 18.9. The summed E-state index contributed by atoms with van der Waals surface area (Å²) in [5, 5.41) is 42.5. The number of aromatic hydroxyl groups is 1. The molecule has 0 saturated carbocycles. The van der Waals surface area contributed by atoms with E-state index in [4.69, 9.17) is 45.1 Å². The van der Waals surface area contributed by atoms with Gasteiger partial charge in [0, 0.05) is 38.5 Å². The molecule has 0 atom stereocenters. The molecule has 50 heavy (non-hydrogen) atoms. The molecule has 0 spiro atoms. The molecule has 0 aromatic heterocycles. The van der Waals surface area contributed by atoms with Crippen LogP contribution >= 0.6 is 0 Å². The summed E-state index contributed by atoms with van der Waals surface area (Å²) < 4.78 is 75.4. The molecule has 0 fully saturated rings. The predicted octanol–water partition coefficient (Wildman–Crippen LogP) is 6.08. The maximum absolute atomic E-state index is 13.2. The van der Waals surface area contributed by atoms with Gasteiger partial charge in [-0.05, 0) is 48.5 Å². The number of hydrogen-bond acceptors (Lipinski definition) is 11. The van der Waals surface area contributed by atoms with Crippen LogP contribution in [0.15, 0.2) is 72.8 Å². The number of ether oxygens (including phenoxy) is 5. The van der Waals surface area contributed by atoms with E-state index in [-0.39, 0.29) is 36.0 Å². The fourth-order valence-electron chi connectivity index (χ4n) is 3.19. The Morgan fingerprint density at radius 1 is 0.620 bits per heavy atom. The highest BCUT2D eigenvalue weighted by Crippen LogP contribution is 2.20. The normalized spacial score (nSPS) is 9.28. The highest BCUT2D eigenvalue weighted by atomic mass is 19.1. The van der Waals surface area contributed by atoms with Crippen molar-refractivity contribution in [3.63, 3.8) is 0 Å². The first-order valence-electron chi connectivity index (χ1n) is 13.8. The highest BCUT2D eigenvalue weighted by Gasteiger charge is 2.10. The molecule has 4 aromatic rings. The summed E-state index contributed by atoms with van der Waals surface area (Å²) in [5.74, 6) is -2.72. The van der Waals surface area contributed by atoms with Gasteiger partial charge in [-0.3, -0.25) is 4.79 Å². The van der Waals surface area contributed by atoms with Crippen LogP contribution in [0.1, 0.15) is 22.3 Å². The van der Waals surface area contributed by atoms with E-state index in [0.29, 0.717) is 23.0 Å². The summed E-state index contributed by atoms with van der Waals surface area (Å²) in [5.41, 5.74) is 1.27. The van der Waals surface area contributed by atoms with Crippen LogP contribution in [0.25, 0.3) is 0 Å². The molecule has 0 unspecified atom stereocenters. The number of carbonyl (C=O) groups is 1. The number of nitriles is 4. The van der Waals surface area contributed by atoms with Crippen LogP contribution in [0.2, 0.25) is 0 Å². The molecular weight excluding hydrogens is 664 g/mol. The second kappa shape index (κ2) is 22.8. The zero-order valence-electron chi connectivity index (χ0n) is 26.7. The Morgan fingerprint density at radius 2 is 1.00 bits per heavy atom. The lowest BCUT2D eigenvalue weighted by Crippen LogP contribution is -2.22. The van der Waals surface area contributed by atoms with Gasteiger partial charge in [0.1, 0.15) is 13.2 Å². The number of methoxy groups -OCH3 is 3. The van der Waals surface area contributed by atoms with Crippen molar-refractivity contribution in [3.8, 4) is 47.3 Å². The Labute approximate surface area is 284 Å². The van der Waals surface area contributed by atoms with Gasteiger partial charge in [-0.2, -0.15) is 21.0 Å². The van der Waals surface area contributed by atoms with Crippen molar-refractivity contribution in [2.24, 2.45) is 0 Å². The Balaban J connectivity index is 0.000000338. The number of hydrogen-bond donors (Lipinski definition) is 1. The monoisotopic (exact) mass is 692 g/mol. The van der Waals surface area contributed by atoms with Gasteiger partial charge >= 0.3 is 0 Å². The van der Waals surface area contributed by atoms with Crippen LogP contribution in [0.3, 0.4) is 0 Å². The number of phenolic OH excluding ortho intramolecular Hbond substituents is 1. The minimum atomic E-state index is -0.709. The fraction of sp³-hybridized carbons (Fsp3) is 0.171. The van der Waals surface area contributed by atoms with Gasteiger partial charge in [-0.15, -0.1) is 0 Å². The minimum absolute atomic E-state index is 0.0122. The molecule has 4 aromatic carbocycles. The van der Waals surface area contributed by atoms with Crippen LogP contribution in [0.4, 0.5) is 17.6 Å². The number of carbonyl (C=O) groups excluding carboxylic acids is 1. The molecule has 11 nitrogen and oxygen atoms in total. The topological polar surface area (TPSA) is 179 Å². The number of nitrogens with zero attached hydrogens (tertiary/aromatic N) is 4. The number of rotatable bonds is 9. The van der Waals surface area contributed by atoms with Crippen LogP contribution in [-0.4, -0.2) is 52.2 Å². The minimum Gasteiger partial charge on any atom is -0.505 e. The summed E-state index contributed by atoms with van der Waals surface area (Å²) in [7, 11) is 4.28. The molecule has 0 aliphatic carbocycles. The largest absolute Gasteiger partial charge is 0.505 e. The lowest BCUT2D eigenvalue weighted by atomic mass is 10.2. The van der Waals surface area contributed by atoms with E-state index in [1.165, 1.54) is 75.9 Å². The zero-order chi connectivity index (χ0) is 37.5. The molecule has 0 saturated heterocycles. The molecule has 1 N–H and O–H groups in total. The van der Waals surface area contributed by atoms with Crippen LogP contribution < -0.4 is 14.2 Å². The van der Waals surface area contributed by atoms with Crippen molar-refractivity contribution in [2.45, 2.75) is 6.29 Å². The molecule has 0 heterocycles. The van der Waals surface area contributed by atoms with E-state index in [9.17, 15) is 22.4 Å². The number of benzene rings is 4. The van der Waals surface area contributed by atoms with Gasteiger partial charge in [0.2, 0.25) is 0 Å². The van der Waals surface area contributed by atoms with E-state index in [1.54, 1.807) is 6.07 Å². The van der Waals surface area contributed by atoms with E-state index in [1.807, 2.05) is 18.2 Å². The molecule has 15 heteroatoms. The van der Waals surface area contributed by atoms with Gasteiger partial charge in [0.15, 0.2) is 58.8 Å². The average molecular weight is 693 g/mol. The average Bonchev–Trinajstić information content (AvgIpc) is 3.14. The van der Waals surface area contributed by atoms with Crippen molar-refractivity contribution in [1.82, 2.24) is 0 Å². The third kappa shape index (κ3) is 14.4. The lowest BCUT2D eigenvalue weighted by molar-refractivity contribution is -0.122. The van der Waals surface area contributed by atoms with Crippen LogP contribution in [0.5, 0.6) is 23.0 Å². The van der Waals surface area contributed by atoms with Gasteiger partial charge in [0.05, 0.1) is 53.6 Å². The smallest absolute Gasteiger partial charge is 0.191 e. The molecule has 258 valence electrons. The summed E-state index contributed by atoms with van der Waals surface area (Å²) in [4.78, 5) is 9.93. The molecule has 0 bridgehead atoms. The summed E-state index contributed by atoms with van der Waals surface area (Å²) in [6.45, 7) is -0.162. The first-order chi connectivity index (χ1) is 24.0. The van der Waals surface area contributed by atoms with Crippen molar-refractivity contribution >= 4 is 6.29 Å². The van der Waals surface area contributed by atoms with Crippen molar-refractivity contribution in [3.05, 3.63) is 118 Å². The molecule has 0 amide bonds. The SMILES string of the molecule is COC(COc1cc(C#N)ccc1F)OC.COc1cc(C#N)ccc1F.N#Cc1ccc(F)c(O)c1.N#Cc1ccc(F)c(OCC=O)c1. The second-order valence-corrected chi connectivity index (χ2v) is 8.94. The quantitative estimate of drug-likeness (QED) is 0.122. The summed E-state index contributed by atoms with van der Waals surface area (Å²) >= 11 is 0.